The van der Waals surface area contributed by atoms with E-state index >= 15 is 0 Å². The van der Waals surface area contributed by atoms with Gasteiger partial charge in [-0.25, -0.2) is 15.0 Å². The van der Waals surface area contributed by atoms with Crippen molar-refractivity contribution in [2.24, 2.45) is 0 Å². The standard InChI is InChI=1S/C15H18N4/c1-19(2)12-7-6-11-4-3-5-13(14(11)8-12)15-17-9-16-10-18-15/h3-5,9-10,12H,6-8H2,1-2H3. The monoisotopic (exact) mass is 254 g/mol. The number of benzene rings is 1. The van der Waals surface area contributed by atoms with Crippen LogP contribution < -0.4 is 0 Å². The Bertz CT molecular complexity index is 566. The molecule has 3 rings (SSSR count). The summed E-state index contributed by atoms with van der Waals surface area (Å²) >= 11 is 0. The van der Waals surface area contributed by atoms with Gasteiger partial charge >= 0.3 is 0 Å². The average molecular weight is 254 g/mol. The second-order valence-electron chi connectivity index (χ2n) is 5.27. The van der Waals surface area contributed by atoms with Crippen molar-refractivity contribution in [1.29, 1.82) is 0 Å². The highest BCUT2D eigenvalue weighted by atomic mass is 15.1. The fourth-order valence-electron chi connectivity index (χ4n) is 2.80. The molecule has 0 radical (unpaired) electrons. The lowest BCUT2D eigenvalue weighted by atomic mass is 9.84. The Kier molecular flexibility index (Phi) is 3.25. The number of hydrogen-bond donors (Lipinski definition) is 0. The third kappa shape index (κ3) is 2.36. The summed E-state index contributed by atoms with van der Waals surface area (Å²) in [5, 5.41) is 0. The maximum Gasteiger partial charge on any atom is 0.162 e. The minimum Gasteiger partial charge on any atom is -0.306 e. The van der Waals surface area contributed by atoms with E-state index in [1.54, 1.807) is 12.7 Å². The van der Waals surface area contributed by atoms with Crippen LogP contribution in [0.25, 0.3) is 11.4 Å². The Balaban J connectivity index is 2.04. The quantitative estimate of drug-likeness (QED) is 0.821. The molecule has 1 aliphatic carbocycles. The molecule has 2 aromatic rings. The molecular formula is C15H18N4. The molecule has 4 heteroatoms. The van der Waals surface area contributed by atoms with Crippen molar-refractivity contribution >= 4 is 0 Å². The van der Waals surface area contributed by atoms with Crippen LogP contribution in [0.15, 0.2) is 30.9 Å². The van der Waals surface area contributed by atoms with Crippen molar-refractivity contribution in [2.75, 3.05) is 14.1 Å². The maximum absolute atomic E-state index is 4.29. The highest BCUT2D eigenvalue weighted by Gasteiger charge is 2.23. The van der Waals surface area contributed by atoms with Crippen LogP contribution in [0.5, 0.6) is 0 Å². The molecule has 19 heavy (non-hydrogen) atoms. The molecule has 0 amide bonds. The Morgan fingerprint density at radius 2 is 1.95 bits per heavy atom. The van der Waals surface area contributed by atoms with Gasteiger partial charge < -0.3 is 4.90 Å². The molecule has 4 nitrogen and oxygen atoms in total. The van der Waals surface area contributed by atoms with Crippen LogP contribution in [-0.2, 0) is 12.8 Å². The lowest BCUT2D eigenvalue weighted by Crippen LogP contribution is -2.33. The van der Waals surface area contributed by atoms with Crippen LogP contribution in [0.4, 0.5) is 0 Å². The summed E-state index contributed by atoms with van der Waals surface area (Å²) in [7, 11) is 4.31. The number of aryl methyl sites for hydroxylation is 1. The van der Waals surface area contributed by atoms with Crippen molar-refractivity contribution in [1.82, 2.24) is 19.9 Å². The van der Waals surface area contributed by atoms with Crippen LogP contribution in [0.2, 0.25) is 0 Å². The van der Waals surface area contributed by atoms with Crippen molar-refractivity contribution in [3.63, 3.8) is 0 Å². The summed E-state index contributed by atoms with van der Waals surface area (Å²) in [6.45, 7) is 0. The molecule has 0 N–H and O–H groups in total. The first kappa shape index (κ1) is 12.2. The number of nitrogens with zero attached hydrogens (tertiary/aromatic N) is 4. The van der Waals surface area contributed by atoms with Crippen LogP contribution >= 0.6 is 0 Å². The third-order valence-corrected chi connectivity index (χ3v) is 3.92. The zero-order valence-corrected chi connectivity index (χ0v) is 11.4. The Morgan fingerprint density at radius 1 is 1.16 bits per heavy atom. The molecule has 0 saturated carbocycles. The van der Waals surface area contributed by atoms with Gasteiger partial charge in [0.25, 0.3) is 0 Å². The summed E-state index contributed by atoms with van der Waals surface area (Å²) in [4.78, 5) is 14.8. The van der Waals surface area contributed by atoms with Crippen molar-refractivity contribution < 1.29 is 0 Å². The maximum atomic E-state index is 4.29. The minimum absolute atomic E-state index is 0.607. The molecule has 1 aromatic heterocycles. The van der Waals surface area contributed by atoms with Gasteiger partial charge in [-0.1, -0.05) is 18.2 Å². The van der Waals surface area contributed by atoms with Gasteiger partial charge in [-0.15, -0.1) is 0 Å². The normalized spacial score (nSPS) is 18.4. The molecule has 0 spiro atoms. The van der Waals surface area contributed by atoms with Crippen LogP contribution in [0.1, 0.15) is 17.5 Å². The van der Waals surface area contributed by atoms with Crippen molar-refractivity contribution in [3.8, 4) is 11.4 Å². The fraction of sp³-hybridized carbons (Fsp3) is 0.400. The number of fused-ring (bicyclic) bond motifs is 1. The van der Waals surface area contributed by atoms with E-state index in [1.807, 2.05) is 0 Å². The molecule has 1 unspecified atom stereocenters. The SMILES string of the molecule is CN(C)C1CCc2cccc(-c3ncncn3)c2C1. The summed E-state index contributed by atoms with van der Waals surface area (Å²) in [6.07, 6.45) is 6.56. The summed E-state index contributed by atoms with van der Waals surface area (Å²) in [5.41, 5.74) is 4.00. The van der Waals surface area contributed by atoms with E-state index in [0.29, 0.717) is 6.04 Å². The van der Waals surface area contributed by atoms with Crippen molar-refractivity contribution in [3.05, 3.63) is 42.0 Å². The van der Waals surface area contributed by atoms with Crippen molar-refractivity contribution in [2.45, 2.75) is 25.3 Å². The van der Waals surface area contributed by atoms with E-state index in [1.165, 1.54) is 17.5 Å². The van der Waals surface area contributed by atoms with E-state index in [2.05, 4.69) is 52.1 Å². The summed E-state index contributed by atoms with van der Waals surface area (Å²) in [5.74, 6) is 0.784. The lowest BCUT2D eigenvalue weighted by molar-refractivity contribution is 0.268. The number of rotatable bonds is 2. The Morgan fingerprint density at radius 3 is 2.68 bits per heavy atom. The second kappa shape index (κ2) is 5.05. The van der Waals surface area contributed by atoms with Crippen LogP contribution in [0, 0.1) is 0 Å². The van der Waals surface area contributed by atoms with Gasteiger partial charge in [-0.05, 0) is 44.5 Å². The molecule has 1 heterocycles. The minimum atomic E-state index is 0.607. The molecular weight excluding hydrogens is 236 g/mol. The molecule has 1 aromatic carbocycles. The smallest absolute Gasteiger partial charge is 0.162 e. The predicted molar refractivity (Wildman–Crippen MR) is 74.8 cm³/mol. The number of hydrogen-bond acceptors (Lipinski definition) is 4. The van der Waals surface area contributed by atoms with E-state index < -0.39 is 0 Å². The molecule has 1 atom stereocenters. The van der Waals surface area contributed by atoms with Gasteiger partial charge in [0.1, 0.15) is 12.7 Å². The topological polar surface area (TPSA) is 41.9 Å². The molecule has 0 aliphatic heterocycles. The zero-order valence-electron chi connectivity index (χ0n) is 11.4. The largest absolute Gasteiger partial charge is 0.306 e. The highest BCUT2D eigenvalue weighted by Crippen LogP contribution is 2.30. The van der Waals surface area contributed by atoms with E-state index in [9.17, 15) is 0 Å². The molecule has 0 bridgehead atoms. The number of likely N-dealkylation sites (N-methyl/N-ethyl adjacent to an activating group) is 1. The first-order valence-electron chi connectivity index (χ1n) is 6.65. The van der Waals surface area contributed by atoms with Gasteiger partial charge in [-0.3, -0.25) is 0 Å². The highest BCUT2D eigenvalue weighted by molar-refractivity contribution is 5.62. The summed E-state index contributed by atoms with van der Waals surface area (Å²) < 4.78 is 0. The Hall–Kier alpha value is -1.81. The molecule has 98 valence electrons. The summed E-state index contributed by atoms with van der Waals surface area (Å²) in [6, 6.07) is 7.06. The third-order valence-electron chi connectivity index (χ3n) is 3.92. The predicted octanol–water partition coefficient (Wildman–Crippen LogP) is 1.96. The van der Waals surface area contributed by atoms with Crippen LogP contribution in [-0.4, -0.2) is 40.0 Å². The van der Waals surface area contributed by atoms with Gasteiger partial charge in [0.2, 0.25) is 0 Å². The van der Waals surface area contributed by atoms with E-state index in [0.717, 1.165) is 24.2 Å². The van der Waals surface area contributed by atoms with E-state index in [4.69, 9.17) is 0 Å². The Labute approximate surface area is 113 Å². The molecule has 0 saturated heterocycles. The lowest BCUT2D eigenvalue weighted by Gasteiger charge is -2.30. The first-order chi connectivity index (χ1) is 9.25. The first-order valence-corrected chi connectivity index (χ1v) is 6.65. The second-order valence-corrected chi connectivity index (χ2v) is 5.27. The molecule has 1 aliphatic rings. The zero-order chi connectivity index (χ0) is 13.2. The van der Waals surface area contributed by atoms with Crippen LogP contribution in [0.3, 0.4) is 0 Å². The fourth-order valence-corrected chi connectivity index (χ4v) is 2.80. The van der Waals surface area contributed by atoms with E-state index in [-0.39, 0.29) is 0 Å². The van der Waals surface area contributed by atoms with Gasteiger partial charge in [-0.2, -0.15) is 0 Å². The molecule has 0 fully saturated rings. The number of aromatic nitrogens is 3. The average Bonchev–Trinajstić information content (AvgIpc) is 2.47. The van der Waals surface area contributed by atoms with Gasteiger partial charge in [0, 0.05) is 11.6 Å². The van der Waals surface area contributed by atoms with Gasteiger partial charge in [0.05, 0.1) is 0 Å². The van der Waals surface area contributed by atoms with Gasteiger partial charge in [0.15, 0.2) is 5.82 Å².